The Kier molecular flexibility index (Phi) is 5.28. The minimum absolute atomic E-state index is 0.0957. The van der Waals surface area contributed by atoms with Crippen molar-refractivity contribution in [1.82, 2.24) is 0 Å². The van der Waals surface area contributed by atoms with Gasteiger partial charge in [0.15, 0.2) is 0 Å². The van der Waals surface area contributed by atoms with E-state index >= 15 is 0 Å². The molecule has 0 N–H and O–H groups in total. The number of rotatable bonds is 4. The molecule has 0 bridgehead atoms. The Morgan fingerprint density at radius 2 is 1.85 bits per heavy atom. The quantitative estimate of drug-likeness (QED) is 0.554. The van der Waals surface area contributed by atoms with Crippen LogP contribution in [0.15, 0.2) is 30.9 Å². The normalized spacial score (nSPS) is 10.4. The lowest BCUT2D eigenvalue weighted by Crippen LogP contribution is -2.03. The van der Waals surface area contributed by atoms with Crippen LogP contribution < -0.4 is 9.47 Å². The molecule has 0 saturated carbocycles. The van der Waals surface area contributed by atoms with Gasteiger partial charge in [-0.1, -0.05) is 0 Å². The van der Waals surface area contributed by atoms with E-state index in [0.717, 1.165) is 8.26 Å². The number of benzene rings is 1. The number of halogens is 3. The molecule has 0 saturated heterocycles. The molecule has 0 spiro atoms. The van der Waals surface area contributed by atoms with Crippen LogP contribution in [0.2, 0.25) is 0 Å². The Labute approximate surface area is 145 Å². The van der Waals surface area contributed by atoms with Gasteiger partial charge in [0.05, 0.1) is 28.4 Å². The van der Waals surface area contributed by atoms with E-state index in [2.05, 4.69) is 47.8 Å². The number of carbonyl (C=O) groups excluding carboxylic acids is 1. The highest BCUT2D eigenvalue weighted by Gasteiger charge is 2.21. The first-order valence-electron chi connectivity index (χ1n) is 5.39. The zero-order valence-electron chi connectivity index (χ0n) is 10.5. The zero-order valence-corrected chi connectivity index (χ0v) is 16.1. The highest BCUT2D eigenvalue weighted by Crippen LogP contribution is 2.40. The third kappa shape index (κ3) is 2.95. The van der Waals surface area contributed by atoms with E-state index in [1.807, 2.05) is 0 Å². The standard InChI is InChI=1S/C13H9Br3O3S/c1-18-8-4-3-6(12(19-2)10(8)15)11(17)9-5-7(14)13(16)20-9/h3-5H,1-2H3. The number of thiophene rings is 1. The highest BCUT2D eigenvalue weighted by molar-refractivity contribution is 9.13. The summed E-state index contributed by atoms with van der Waals surface area (Å²) < 4.78 is 12.9. The van der Waals surface area contributed by atoms with Crippen LogP contribution in [-0.4, -0.2) is 20.0 Å². The van der Waals surface area contributed by atoms with Crippen LogP contribution in [0.4, 0.5) is 0 Å². The van der Waals surface area contributed by atoms with Gasteiger partial charge in [0.1, 0.15) is 16.0 Å². The molecule has 20 heavy (non-hydrogen) atoms. The Bertz CT molecular complexity index is 648. The van der Waals surface area contributed by atoms with E-state index in [1.54, 1.807) is 25.3 Å². The van der Waals surface area contributed by atoms with Crippen LogP contribution in [0.25, 0.3) is 0 Å². The lowest BCUT2D eigenvalue weighted by molar-refractivity contribution is 0.103. The van der Waals surface area contributed by atoms with Crippen LogP contribution in [0, 0.1) is 0 Å². The fourth-order valence-electron chi connectivity index (χ4n) is 1.67. The summed E-state index contributed by atoms with van der Waals surface area (Å²) in [5.41, 5.74) is 0.487. The molecule has 0 radical (unpaired) electrons. The van der Waals surface area contributed by atoms with Crippen LogP contribution >= 0.6 is 59.1 Å². The molecule has 0 amide bonds. The van der Waals surface area contributed by atoms with Gasteiger partial charge in [0.25, 0.3) is 0 Å². The van der Waals surface area contributed by atoms with E-state index < -0.39 is 0 Å². The number of hydrogen-bond donors (Lipinski definition) is 0. The molecule has 0 aliphatic heterocycles. The Morgan fingerprint density at radius 1 is 1.15 bits per heavy atom. The minimum Gasteiger partial charge on any atom is -0.495 e. The van der Waals surface area contributed by atoms with Crippen molar-refractivity contribution >= 4 is 64.9 Å². The number of ketones is 1. The van der Waals surface area contributed by atoms with E-state index in [1.165, 1.54) is 18.4 Å². The highest BCUT2D eigenvalue weighted by atomic mass is 79.9. The van der Waals surface area contributed by atoms with Gasteiger partial charge < -0.3 is 9.47 Å². The minimum atomic E-state index is -0.0957. The molecule has 2 rings (SSSR count). The molecule has 0 fully saturated rings. The molecule has 1 aromatic carbocycles. The summed E-state index contributed by atoms with van der Waals surface area (Å²) in [5, 5.41) is 0. The molecule has 1 aromatic heterocycles. The third-order valence-electron chi connectivity index (χ3n) is 2.60. The van der Waals surface area contributed by atoms with Crippen molar-refractivity contribution in [2.75, 3.05) is 14.2 Å². The van der Waals surface area contributed by atoms with Crippen molar-refractivity contribution in [1.29, 1.82) is 0 Å². The van der Waals surface area contributed by atoms with Crippen molar-refractivity contribution in [2.45, 2.75) is 0 Å². The van der Waals surface area contributed by atoms with Crippen LogP contribution in [0.5, 0.6) is 11.5 Å². The summed E-state index contributed by atoms with van der Waals surface area (Å²) in [6.07, 6.45) is 0. The van der Waals surface area contributed by atoms with Crippen LogP contribution in [0.1, 0.15) is 15.2 Å². The number of hydrogen-bond acceptors (Lipinski definition) is 4. The summed E-state index contributed by atoms with van der Waals surface area (Å²) >= 11 is 11.5. The molecular formula is C13H9Br3O3S. The number of carbonyl (C=O) groups is 1. The molecule has 3 nitrogen and oxygen atoms in total. The average Bonchev–Trinajstić information content (AvgIpc) is 2.77. The molecule has 106 valence electrons. The van der Waals surface area contributed by atoms with Crippen LogP contribution in [-0.2, 0) is 0 Å². The summed E-state index contributed by atoms with van der Waals surface area (Å²) in [5.74, 6) is 0.989. The van der Waals surface area contributed by atoms with Crippen LogP contribution in [0.3, 0.4) is 0 Å². The third-order valence-corrected chi connectivity index (χ3v) is 6.61. The molecular weight excluding hydrogens is 476 g/mol. The molecule has 2 aromatic rings. The van der Waals surface area contributed by atoms with Gasteiger partial charge >= 0.3 is 0 Å². The predicted octanol–water partition coefficient (Wildman–Crippen LogP) is 5.28. The van der Waals surface area contributed by atoms with E-state index in [-0.39, 0.29) is 5.78 Å². The molecule has 1 heterocycles. The SMILES string of the molecule is COc1ccc(C(=O)c2cc(Br)c(Br)s2)c(OC)c1Br. The summed E-state index contributed by atoms with van der Waals surface area (Å²) in [7, 11) is 3.09. The lowest BCUT2D eigenvalue weighted by Gasteiger charge is -2.12. The number of ether oxygens (including phenoxy) is 2. The molecule has 0 aliphatic carbocycles. The van der Waals surface area contributed by atoms with E-state index in [4.69, 9.17) is 9.47 Å². The number of methoxy groups -OCH3 is 2. The first kappa shape index (κ1) is 16.0. The topological polar surface area (TPSA) is 35.5 Å². The monoisotopic (exact) mass is 482 g/mol. The van der Waals surface area contributed by atoms with Crippen molar-refractivity contribution in [3.8, 4) is 11.5 Å². The Hall–Kier alpha value is -0.370. The van der Waals surface area contributed by atoms with Gasteiger partial charge in [0.2, 0.25) is 5.78 Å². The van der Waals surface area contributed by atoms with Crippen molar-refractivity contribution in [3.63, 3.8) is 0 Å². The van der Waals surface area contributed by atoms with Gasteiger partial charge in [-0.2, -0.15) is 0 Å². The van der Waals surface area contributed by atoms with Gasteiger partial charge in [-0.25, -0.2) is 0 Å². The molecule has 0 atom stereocenters. The average molecular weight is 485 g/mol. The van der Waals surface area contributed by atoms with E-state index in [0.29, 0.717) is 26.4 Å². The van der Waals surface area contributed by atoms with Gasteiger partial charge in [-0.3, -0.25) is 4.79 Å². The smallest absolute Gasteiger partial charge is 0.206 e. The van der Waals surface area contributed by atoms with Gasteiger partial charge in [-0.05, 0) is 66.0 Å². The molecule has 0 unspecified atom stereocenters. The first-order valence-corrected chi connectivity index (χ1v) is 8.59. The second kappa shape index (κ2) is 6.60. The first-order chi connectivity index (χ1) is 9.49. The lowest BCUT2D eigenvalue weighted by atomic mass is 10.1. The maximum absolute atomic E-state index is 12.6. The molecule has 7 heteroatoms. The largest absolute Gasteiger partial charge is 0.495 e. The fourth-order valence-corrected chi connectivity index (χ4v) is 4.32. The predicted molar refractivity (Wildman–Crippen MR) is 90.4 cm³/mol. The van der Waals surface area contributed by atoms with E-state index in [9.17, 15) is 4.79 Å². The van der Waals surface area contributed by atoms with Crippen molar-refractivity contribution < 1.29 is 14.3 Å². The summed E-state index contributed by atoms with van der Waals surface area (Å²) in [4.78, 5) is 13.2. The Balaban J connectivity index is 2.52. The second-order valence-electron chi connectivity index (χ2n) is 3.72. The maximum atomic E-state index is 12.6. The van der Waals surface area contributed by atoms with Crippen molar-refractivity contribution in [2.24, 2.45) is 0 Å². The second-order valence-corrected chi connectivity index (χ2v) is 7.74. The fraction of sp³-hybridized carbons (Fsp3) is 0.154. The Morgan fingerprint density at radius 3 is 2.35 bits per heavy atom. The maximum Gasteiger partial charge on any atom is 0.206 e. The zero-order chi connectivity index (χ0) is 14.9. The van der Waals surface area contributed by atoms with Gasteiger partial charge in [-0.15, -0.1) is 11.3 Å². The summed E-state index contributed by atoms with van der Waals surface area (Å²) in [6, 6.07) is 5.22. The van der Waals surface area contributed by atoms with Crippen molar-refractivity contribution in [3.05, 3.63) is 41.4 Å². The summed E-state index contributed by atoms with van der Waals surface area (Å²) in [6.45, 7) is 0. The molecule has 0 aliphatic rings. The van der Waals surface area contributed by atoms with Gasteiger partial charge in [0, 0.05) is 4.47 Å².